The molecule has 1 aliphatic heterocycles. The summed E-state index contributed by atoms with van der Waals surface area (Å²) >= 11 is 6.89. The summed E-state index contributed by atoms with van der Waals surface area (Å²) in [5.74, 6) is 1.31. The van der Waals surface area contributed by atoms with Gasteiger partial charge >= 0.3 is 0 Å². The normalized spacial score (nSPS) is 19.0. The molecule has 10 nitrogen and oxygen atoms in total. The van der Waals surface area contributed by atoms with E-state index in [4.69, 9.17) is 25.8 Å². The number of ether oxygens (including phenoxy) is 3. The fraction of sp³-hybridized carbons (Fsp3) is 0.463. The van der Waals surface area contributed by atoms with E-state index in [2.05, 4.69) is 59.4 Å². The van der Waals surface area contributed by atoms with E-state index < -0.39 is 17.1 Å². The first-order valence-corrected chi connectivity index (χ1v) is 18.4. The number of nitrogens with zero attached hydrogens (tertiary/aromatic N) is 3. The molecule has 4 N–H and O–H groups in total. The van der Waals surface area contributed by atoms with E-state index in [9.17, 15) is 20.6 Å². The minimum Gasteiger partial charge on any atom is -0.488 e. The van der Waals surface area contributed by atoms with Crippen LogP contribution in [0.25, 0.3) is 5.57 Å². The maximum absolute atomic E-state index is 9.62. The molecule has 0 spiro atoms. The highest BCUT2D eigenvalue weighted by atomic mass is 35.5. The van der Waals surface area contributed by atoms with Crippen molar-refractivity contribution in [2.24, 2.45) is 11.3 Å². The maximum Gasteiger partial charge on any atom is 0.141 e. The van der Waals surface area contributed by atoms with Crippen LogP contribution in [-0.2, 0) is 17.9 Å². The van der Waals surface area contributed by atoms with Crippen LogP contribution in [-0.4, -0.2) is 89.5 Å². The van der Waals surface area contributed by atoms with Crippen LogP contribution in [0.5, 0.6) is 11.5 Å². The van der Waals surface area contributed by atoms with Gasteiger partial charge in [-0.25, -0.2) is 0 Å². The van der Waals surface area contributed by atoms with Crippen molar-refractivity contribution >= 4 is 17.2 Å². The second-order valence-corrected chi connectivity index (χ2v) is 14.5. The van der Waals surface area contributed by atoms with E-state index in [-0.39, 0.29) is 39.6 Å². The fourth-order valence-electron chi connectivity index (χ4n) is 6.83. The lowest BCUT2D eigenvalue weighted by molar-refractivity contribution is -0.0930. The number of piperidine rings is 1. The number of pyridine rings is 1. The quantitative estimate of drug-likeness (QED) is 0.124. The number of aromatic nitrogens is 1. The summed E-state index contributed by atoms with van der Waals surface area (Å²) in [6.07, 6.45) is 12.3. The number of likely N-dealkylation sites (tertiary alicyclic amines) is 1. The predicted octanol–water partition coefficient (Wildman–Crippen LogP) is 5.54. The number of hydrogen-bond donors (Lipinski definition) is 4. The lowest BCUT2D eigenvalue weighted by Crippen LogP contribution is -2.52. The molecule has 52 heavy (non-hydrogen) atoms. The second kappa shape index (κ2) is 18.8. The van der Waals surface area contributed by atoms with Crippen molar-refractivity contribution in [3.8, 4) is 17.6 Å². The molecule has 0 radical (unpaired) electrons. The Labute approximate surface area is 312 Å². The zero-order valence-corrected chi connectivity index (χ0v) is 30.9. The summed E-state index contributed by atoms with van der Waals surface area (Å²) in [7, 11) is 0. The average molecular weight is 731 g/mol. The summed E-state index contributed by atoms with van der Waals surface area (Å²) in [6, 6.07) is 17.1. The lowest BCUT2D eigenvalue weighted by atomic mass is 9.65. The monoisotopic (exact) mass is 730 g/mol. The standard InChI is InChI=1S/C41H51ClN4O6/c1-40(2)36(33-8-4-3-5-9-33)10-6-13-41(40,52-17-7-14-46-15-11-30(25-47)12-16-46)29-51-39-20-38(50-28-32-18-31(21-43)22-44-23-32)34(19-37(39)42)24-45-35(26-48)27-49/h3-6,8-10,13,18-20,22-23,30,35,45,47-49H,7,11-12,14-17,24-29H2,1-2H3. The van der Waals surface area contributed by atoms with Crippen LogP contribution < -0.4 is 14.8 Å². The summed E-state index contributed by atoms with van der Waals surface area (Å²) in [4.78, 5) is 6.59. The van der Waals surface area contributed by atoms with Gasteiger partial charge in [-0.1, -0.05) is 67.9 Å². The molecule has 1 fully saturated rings. The molecule has 1 atom stereocenters. The van der Waals surface area contributed by atoms with Gasteiger partial charge in [-0.3, -0.25) is 4.98 Å². The fourth-order valence-corrected chi connectivity index (χ4v) is 7.07. The predicted molar refractivity (Wildman–Crippen MR) is 202 cm³/mol. The van der Waals surface area contributed by atoms with Gasteiger partial charge in [0.05, 0.1) is 29.8 Å². The van der Waals surface area contributed by atoms with Gasteiger partial charge in [0, 0.05) is 61.3 Å². The van der Waals surface area contributed by atoms with Gasteiger partial charge in [0.2, 0.25) is 0 Å². The highest BCUT2D eigenvalue weighted by Gasteiger charge is 2.49. The van der Waals surface area contributed by atoms with Gasteiger partial charge in [-0.2, -0.15) is 5.26 Å². The van der Waals surface area contributed by atoms with Crippen molar-refractivity contribution in [3.63, 3.8) is 0 Å². The molecular weight excluding hydrogens is 680 g/mol. The topological polar surface area (TPSA) is 140 Å². The van der Waals surface area contributed by atoms with E-state index >= 15 is 0 Å². The Kier molecular flexibility index (Phi) is 14.3. The third kappa shape index (κ3) is 9.79. The zero-order chi connectivity index (χ0) is 37.0. The number of hydrogen-bond acceptors (Lipinski definition) is 10. The molecule has 2 aliphatic rings. The molecule has 0 saturated carbocycles. The molecule has 1 aromatic heterocycles. The number of benzene rings is 2. The number of aliphatic hydroxyl groups is 3. The van der Waals surface area contributed by atoms with E-state index in [1.165, 1.54) is 6.20 Å². The molecule has 2 heterocycles. The van der Waals surface area contributed by atoms with Crippen LogP contribution in [0.2, 0.25) is 5.02 Å². The van der Waals surface area contributed by atoms with E-state index in [0.29, 0.717) is 40.2 Å². The Morgan fingerprint density at radius 2 is 1.81 bits per heavy atom. The van der Waals surface area contributed by atoms with Gasteiger partial charge in [0.1, 0.15) is 36.4 Å². The minimum atomic E-state index is -0.847. The molecule has 0 bridgehead atoms. The molecule has 1 saturated heterocycles. The Balaban J connectivity index is 1.38. The Bertz CT molecular complexity index is 1700. The number of nitriles is 1. The minimum absolute atomic E-state index is 0.145. The van der Waals surface area contributed by atoms with Crippen LogP contribution >= 0.6 is 11.6 Å². The molecule has 1 unspecified atom stereocenters. The molecule has 1 aliphatic carbocycles. The van der Waals surface area contributed by atoms with Gasteiger partial charge in [0.25, 0.3) is 0 Å². The highest BCUT2D eigenvalue weighted by Crippen LogP contribution is 2.49. The Morgan fingerprint density at radius 1 is 1.04 bits per heavy atom. The number of rotatable bonds is 18. The van der Waals surface area contributed by atoms with Crippen molar-refractivity contribution in [2.75, 3.05) is 52.7 Å². The molecule has 11 heteroatoms. The van der Waals surface area contributed by atoms with Crippen LogP contribution in [0.4, 0.5) is 0 Å². The first kappa shape index (κ1) is 39.4. The van der Waals surface area contributed by atoms with Gasteiger partial charge < -0.3 is 39.7 Å². The number of nitrogens with one attached hydrogen (secondary N) is 1. The van der Waals surface area contributed by atoms with Crippen molar-refractivity contribution in [1.82, 2.24) is 15.2 Å². The lowest BCUT2D eigenvalue weighted by Gasteiger charge is -2.47. The molecule has 5 rings (SSSR count). The number of halogens is 1. The molecule has 0 amide bonds. The summed E-state index contributed by atoms with van der Waals surface area (Å²) < 4.78 is 19.8. The van der Waals surface area contributed by atoms with Crippen molar-refractivity contribution in [1.29, 1.82) is 5.26 Å². The zero-order valence-electron chi connectivity index (χ0n) is 30.1. The van der Waals surface area contributed by atoms with Crippen LogP contribution in [0.1, 0.15) is 55.4 Å². The SMILES string of the molecule is CC1(C)C(c2ccccc2)=CC=CC1(COc1cc(OCc2cncc(C#N)c2)c(CNC(CO)CO)cc1Cl)OCCCN1CCC(CO)CC1. The van der Waals surface area contributed by atoms with Gasteiger partial charge in [-0.15, -0.1) is 0 Å². The summed E-state index contributed by atoms with van der Waals surface area (Å²) in [6.45, 7) is 8.17. The number of allylic oxidation sites excluding steroid dienone is 2. The number of aliphatic hydroxyl groups excluding tert-OH is 3. The van der Waals surface area contributed by atoms with E-state index in [1.807, 2.05) is 24.3 Å². The highest BCUT2D eigenvalue weighted by molar-refractivity contribution is 6.32. The molecule has 3 aromatic rings. The smallest absolute Gasteiger partial charge is 0.141 e. The summed E-state index contributed by atoms with van der Waals surface area (Å²) in [5.41, 5.74) is 2.76. The van der Waals surface area contributed by atoms with Crippen LogP contribution in [0.3, 0.4) is 0 Å². The first-order chi connectivity index (χ1) is 25.2. The van der Waals surface area contributed by atoms with Gasteiger partial charge in [0.15, 0.2) is 0 Å². The van der Waals surface area contributed by atoms with E-state index in [0.717, 1.165) is 55.6 Å². The Morgan fingerprint density at radius 3 is 2.52 bits per heavy atom. The maximum atomic E-state index is 9.62. The Hall–Kier alpha value is -3.79. The van der Waals surface area contributed by atoms with Crippen molar-refractivity contribution in [3.05, 3.63) is 106 Å². The third-order valence-corrected chi connectivity index (χ3v) is 10.6. The van der Waals surface area contributed by atoms with Gasteiger partial charge in [-0.05, 0) is 67.6 Å². The molecular formula is C41H51ClN4O6. The molecule has 278 valence electrons. The van der Waals surface area contributed by atoms with Crippen LogP contribution in [0.15, 0.2) is 79.2 Å². The van der Waals surface area contributed by atoms with E-state index in [1.54, 1.807) is 24.4 Å². The first-order valence-electron chi connectivity index (χ1n) is 18.0. The largest absolute Gasteiger partial charge is 0.488 e. The average Bonchev–Trinajstić information content (AvgIpc) is 3.17. The van der Waals surface area contributed by atoms with Crippen molar-refractivity contribution < 1.29 is 29.5 Å². The summed E-state index contributed by atoms with van der Waals surface area (Å²) in [5, 5.41) is 41.6. The second-order valence-electron chi connectivity index (χ2n) is 14.1. The van der Waals surface area contributed by atoms with Crippen molar-refractivity contribution in [2.45, 2.75) is 57.9 Å². The van der Waals surface area contributed by atoms with Crippen LogP contribution in [0, 0.1) is 22.7 Å². The molecule has 2 aromatic carbocycles. The third-order valence-electron chi connectivity index (χ3n) is 10.3.